The number of carbonyl (C=O) groups excluding carboxylic acids is 1. The molecule has 21 heavy (non-hydrogen) atoms. The van der Waals surface area contributed by atoms with E-state index in [4.69, 9.17) is 4.74 Å². The molecular weight excluding hydrogens is 288 g/mol. The minimum Gasteiger partial charge on any atom is -0.461 e. The van der Waals surface area contributed by atoms with Crippen molar-refractivity contribution in [1.29, 1.82) is 0 Å². The van der Waals surface area contributed by atoms with Crippen LogP contribution in [0.1, 0.15) is 53.4 Å². The maximum atomic E-state index is 11.9. The van der Waals surface area contributed by atoms with Crippen LogP contribution in [-0.2, 0) is 17.7 Å². The summed E-state index contributed by atoms with van der Waals surface area (Å²) in [6.07, 6.45) is 0.835. The van der Waals surface area contributed by atoms with Gasteiger partial charge in [0.1, 0.15) is 0 Å². The molecular formula is C14H20N4O2S. The molecule has 2 rings (SSSR count). The molecule has 0 aliphatic rings. The third-order valence-electron chi connectivity index (χ3n) is 3.18. The molecule has 0 N–H and O–H groups in total. The van der Waals surface area contributed by atoms with Gasteiger partial charge in [0.25, 0.3) is 0 Å². The van der Waals surface area contributed by atoms with Crippen molar-refractivity contribution < 1.29 is 9.53 Å². The molecule has 0 bridgehead atoms. The molecule has 0 saturated heterocycles. The molecule has 2 aromatic heterocycles. The Morgan fingerprint density at radius 2 is 2.24 bits per heavy atom. The molecule has 0 fully saturated rings. The number of carbonyl (C=O) groups is 1. The van der Waals surface area contributed by atoms with E-state index in [1.54, 1.807) is 22.9 Å². The lowest BCUT2D eigenvalue weighted by atomic mass is 10.1. The zero-order valence-corrected chi connectivity index (χ0v) is 13.6. The first-order valence-electron chi connectivity index (χ1n) is 7.04. The molecule has 0 saturated carbocycles. The van der Waals surface area contributed by atoms with Gasteiger partial charge < -0.3 is 4.74 Å². The first kappa shape index (κ1) is 15.6. The number of ether oxygens (including phenoxy) is 1. The fourth-order valence-corrected chi connectivity index (χ4v) is 2.95. The summed E-state index contributed by atoms with van der Waals surface area (Å²) < 4.78 is 6.84. The second-order valence-corrected chi connectivity index (χ2v) is 5.97. The van der Waals surface area contributed by atoms with Crippen LogP contribution in [0.2, 0.25) is 0 Å². The van der Waals surface area contributed by atoms with Gasteiger partial charge in [0, 0.05) is 17.8 Å². The van der Waals surface area contributed by atoms with Gasteiger partial charge in [0.05, 0.1) is 23.5 Å². The van der Waals surface area contributed by atoms with E-state index < -0.39 is 5.97 Å². The zero-order valence-electron chi connectivity index (χ0n) is 12.8. The molecule has 0 aliphatic heterocycles. The van der Waals surface area contributed by atoms with Gasteiger partial charge in [0.15, 0.2) is 5.69 Å². The number of rotatable bonds is 6. The topological polar surface area (TPSA) is 69.9 Å². The van der Waals surface area contributed by atoms with Gasteiger partial charge >= 0.3 is 5.97 Å². The molecule has 114 valence electrons. The van der Waals surface area contributed by atoms with Gasteiger partial charge in [0.2, 0.25) is 0 Å². The van der Waals surface area contributed by atoms with Crippen molar-refractivity contribution in [2.45, 2.75) is 46.6 Å². The van der Waals surface area contributed by atoms with Crippen LogP contribution in [0.25, 0.3) is 0 Å². The van der Waals surface area contributed by atoms with Crippen molar-refractivity contribution >= 4 is 17.3 Å². The van der Waals surface area contributed by atoms with Crippen LogP contribution in [0.4, 0.5) is 0 Å². The standard InChI is InChI=1S/C14H20N4O2S/c1-5-20-14(19)12-13(9(2)3)18(17-16-12)7-6-11-10(4)15-8-21-11/h8-9H,5-7H2,1-4H3. The van der Waals surface area contributed by atoms with Crippen LogP contribution in [0.3, 0.4) is 0 Å². The highest BCUT2D eigenvalue weighted by molar-refractivity contribution is 7.09. The lowest BCUT2D eigenvalue weighted by Crippen LogP contribution is -2.13. The number of esters is 1. The van der Waals surface area contributed by atoms with Crippen molar-refractivity contribution in [1.82, 2.24) is 20.0 Å². The largest absolute Gasteiger partial charge is 0.461 e. The summed E-state index contributed by atoms with van der Waals surface area (Å²) in [5.74, 6) is -0.247. The van der Waals surface area contributed by atoms with Crippen LogP contribution in [0.5, 0.6) is 0 Å². The highest BCUT2D eigenvalue weighted by atomic mass is 32.1. The number of nitrogens with zero attached hydrogens (tertiary/aromatic N) is 4. The Morgan fingerprint density at radius 3 is 2.81 bits per heavy atom. The van der Waals surface area contributed by atoms with Crippen molar-refractivity contribution in [3.05, 3.63) is 27.5 Å². The first-order valence-corrected chi connectivity index (χ1v) is 7.92. The van der Waals surface area contributed by atoms with Crippen LogP contribution < -0.4 is 0 Å². The zero-order chi connectivity index (χ0) is 15.4. The summed E-state index contributed by atoms with van der Waals surface area (Å²) in [5.41, 5.74) is 4.06. The average molecular weight is 308 g/mol. The molecule has 0 amide bonds. The monoisotopic (exact) mass is 308 g/mol. The highest BCUT2D eigenvalue weighted by Gasteiger charge is 2.23. The predicted octanol–water partition coefficient (Wildman–Crippen LogP) is 2.59. The molecule has 0 atom stereocenters. The first-order chi connectivity index (χ1) is 10.0. The molecule has 0 aromatic carbocycles. The maximum absolute atomic E-state index is 11.9. The van der Waals surface area contributed by atoms with E-state index in [1.807, 2.05) is 26.3 Å². The van der Waals surface area contributed by atoms with E-state index in [9.17, 15) is 4.79 Å². The van der Waals surface area contributed by atoms with Crippen molar-refractivity contribution in [2.24, 2.45) is 0 Å². The smallest absolute Gasteiger partial charge is 0.360 e. The van der Waals surface area contributed by atoms with E-state index in [0.29, 0.717) is 18.8 Å². The molecule has 0 radical (unpaired) electrons. The van der Waals surface area contributed by atoms with E-state index in [0.717, 1.165) is 17.8 Å². The average Bonchev–Trinajstić information content (AvgIpc) is 3.02. The fourth-order valence-electron chi connectivity index (χ4n) is 2.18. The van der Waals surface area contributed by atoms with Crippen LogP contribution in [0, 0.1) is 6.92 Å². The lowest BCUT2D eigenvalue weighted by molar-refractivity contribution is 0.0517. The second-order valence-electron chi connectivity index (χ2n) is 5.03. The normalized spacial score (nSPS) is 11.1. The van der Waals surface area contributed by atoms with Crippen LogP contribution >= 0.6 is 11.3 Å². The molecule has 7 heteroatoms. The molecule has 2 aromatic rings. The third-order valence-corrected chi connectivity index (χ3v) is 4.18. The summed E-state index contributed by atoms with van der Waals surface area (Å²) in [4.78, 5) is 17.4. The Bertz CT molecular complexity index is 618. The van der Waals surface area contributed by atoms with Gasteiger partial charge in [-0.15, -0.1) is 16.4 Å². The number of hydrogen-bond acceptors (Lipinski definition) is 6. The molecule has 0 spiro atoms. The predicted molar refractivity (Wildman–Crippen MR) is 80.6 cm³/mol. The Balaban J connectivity index is 2.19. The Kier molecular flexibility index (Phi) is 5.06. The number of hydrogen-bond donors (Lipinski definition) is 0. The fraction of sp³-hybridized carbons (Fsp3) is 0.571. The van der Waals surface area contributed by atoms with E-state index in [-0.39, 0.29) is 5.92 Å². The van der Waals surface area contributed by atoms with Crippen LogP contribution in [0.15, 0.2) is 5.51 Å². The van der Waals surface area contributed by atoms with Gasteiger partial charge in [-0.25, -0.2) is 14.5 Å². The molecule has 2 heterocycles. The Morgan fingerprint density at radius 1 is 1.48 bits per heavy atom. The number of thiazole rings is 1. The summed E-state index contributed by atoms with van der Waals surface area (Å²) in [7, 11) is 0. The Labute approximate surface area is 128 Å². The quantitative estimate of drug-likeness (QED) is 0.767. The number of aryl methyl sites for hydroxylation is 3. The second kappa shape index (κ2) is 6.80. The summed E-state index contributed by atoms with van der Waals surface area (Å²) in [6, 6.07) is 0. The van der Waals surface area contributed by atoms with Crippen molar-refractivity contribution in [3.8, 4) is 0 Å². The summed E-state index contributed by atoms with van der Waals surface area (Å²) in [6.45, 7) is 8.85. The number of aromatic nitrogens is 4. The Hall–Kier alpha value is -1.76. The van der Waals surface area contributed by atoms with E-state index >= 15 is 0 Å². The highest BCUT2D eigenvalue weighted by Crippen LogP contribution is 2.20. The van der Waals surface area contributed by atoms with Crippen LogP contribution in [-0.4, -0.2) is 32.6 Å². The van der Waals surface area contributed by atoms with Gasteiger partial charge in [-0.3, -0.25) is 0 Å². The van der Waals surface area contributed by atoms with Gasteiger partial charge in [-0.2, -0.15) is 0 Å². The van der Waals surface area contributed by atoms with E-state index in [1.165, 1.54) is 4.88 Å². The summed E-state index contributed by atoms with van der Waals surface area (Å²) >= 11 is 1.64. The van der Waals surface area contributed by atoms with Crippen molar-refractivity contribution in [2.75, 3.05) is 6.61 Å². The molecule has 0 aliphatic carbocycles. The molecule has 6 nitrogen and oxygen atoms in total. The van der Waals surface area contributed by atoms with Crippen molar-refractivity contribution in [3.63, 3.8) is 0 Å². The summed E-state index contributed by atoms with van der Waals surface area (Å²) in [5, 5.41) is 8.12. The minimum atomic E-state index is -0.401. The maximum Gasteiger partial charge on any atom is 0.360 e. The minimum absolute atomic E-state index is 0.155. The van der Waals surface area contributed by atoms with E-state index in [2.05, 4.69) is 15.3 Å². The lowest BCUT2D eigenvalue weighted by Gasteiger charge is -2.10. The third kappa shape index (κ3) is 3.47. The van der Waals surface area contributed by atoms with Gasteiger partial charge in [-0.1, -0.05) is 19.1 Å². The SMILES string of the molecule is CCOC(=O)c1nnn(CCc2scnc2C)c1C(C)C. The van der Waals surface area contributed by atoms with Gasteiger partial charge in [-0.05, 0) is 19.8 Å². The molecule has 0 unspecified atom stereocenters.